The summed E-state index contributed by atoms with van der Waals surface area (Å²) < 4.78 is 0. The largest absolute Gasteiger partial charge is 0.352 e. The fraction of sp³-hybridized carbons (Fsp3) is 0.421. The number of aromatic nitrogens is 1. The smallest absolute Gasteiger partial charge is 0.312 e. The number of primary amides is 1. The van der Waals surface area contributed by atoms with E-state index in [4.69, 9.17) is 5.73 Å². The van der Waals surface area contributed by atoms with Gasteiger partial charge >= 0.3 is 6.03 Å². The van der Waals surface area contributed by atoms with Gasteiger partial charge in [0.1, 0.15) is 6.04 Å². The molecule has 0 spiro atoms. The molecule has 2 rings (SSSR count). The van der Waals surface area contributed by atoms with E-state index in [-0.39, 0.29) is 11.8 Å². The molecular weight excluding hydrogens is 348 g/mol. The maximum atomic E-state index is 12.5. The van der Waals surface area contributed by atoms with Crippen molar-refractivity contribution in [2.45, 2.75) is 47.1 Å². The molecule has 4 N–H and O–H groups in total. The van der Waals surface area contributed by atoms with Crippen molar-refractivity contribution >= 4 is 28.4 Å². The maximum Gasteiger partial charge on any atom is 0.312 e. The SMILES string of the molecule is Cc1cc(C)c(-c2csc(NC(=O)[C@@H](CC(C)C)NC(N)=O)n2)cc1C. The molecule has 1 aromatic heterocycles. The van der Waals surface area contributed by atoms with Crippen molar-refractivity contribution in [2.24, 2.45) is 11.7 Å². The minimum absolute atomic E-state index is 0.239. The first-order valence-corrected chi connectivity index (χ1v) is 9.46. The Morgan fingerprint density at radius 3 is 2.42 bits per heavy atom. The van der Waals surface area contributed by atoms with Crippen molar-refractivity contribution in [1.82, 2.24) is 10.3 Å². The highest BCUT2D eigenvalue weighted by Gasteiger charge is 2.22. The number of carbonyl (C=O) groups excluding carboxylic acids is 2. The van der Waals surface area contributed by atoms with Gasteiger partial charge in [-0.25, -0.2) is 9.78 Å². The number of anilines is 1. The molecule has 26 heavy (non-hydrogen) atoms. The molecule has 0 fully saturated rings. The summed E-state index contributed by atoms with van der Waals surface area (Å²) in [6, 6.07) is 2.86. The van der Waals surface area contributed by atoms with E-state index >= 15 is 0 Å². The summed E-state index contributed by atoms with van der Waals surface area (Å²) in [5.41, 5.74) is 10.6. The Hall–Kier alpha value is -2.41. The van der Waals surface area contributed by atoms with Crippen LogP contribution >= 0.6 is 11.3 Å². The van der Waals surface area contributed by atoms with Crippen molar-refractivity contribution in [1.29, 1.82) is 0 Å². The number of aryl methyl sites for hydroxylation is 3. The third-order valence-electron chi connectivity index (χ3n) is 4.19. The highest BCUT2D eigenvalue weighted by atomic mass is 32.1. The molecule has 2 aromatic rings. The van der Waals surface area contributed by atoms with Crippen LogP contribution in [-0.4, -0.2) is 23.0 Å². The monoisotopic (exact) mass is 374 g/mol. The van der Waals surface area contributed by atoms with Crippen LogP contribution in [0, 0.1) is 26.7 Å². The number of amides is 3. The van der Waals surface area contributed by atoms with Gasteiger partial charge in [0.15, 0.2) is 5.13 Å². The van der Waals surface area contributed by atoms with Crippen molar-refractivity contribution in [3.63, 3.8) is 0 Å². The number of nitrogens with one attached hydrogen (secondary N) is 2. The first-order chi connectivity index (χ1) is 12.2. The van der Waals surface area contributed by atoms with Gasteiger partial charge in [0.05, 0.1) is 5.69 Å². The summed E-state index contributed by atoms with van der Waals surface area (Å²) in [6.45, 7) is 10.2. The summed E-state index contributed by atoms with van der Waals surface area (Å²) in [6.07, 6.45) is 0.503. The minimum atomic E-state index is -0.712. The molecule has 0 saturated heterocycles. The molecule has 3 amide bonds. The molecule has 1 atom stereocenters. The van der Waals surface area contributed by atoms with Gasteiger partial charge in [-0.3, -0.25) is 4.79 Å². The highest BCUT2D eigenvalue weighted by Crippen LogP contribution is 2.29. The van der Waals surface area contributed by atoms with E-state index in [1.165, 1.54) is 22.5 Å². The lowest BCUT2D eigenvalue weighted by Gasteiger charge is -2.18. The second-order valence-electron chi connectivity index (χ2n) is 6.97. The maximum absolute atomic E-state index is 12.5. The number of rotatable bonds is 6. The van der Waals surface area contributed by atoms with E-state index in [2.05, 4.69) is 48.5 Å². The van der Waals surface area contributed by atoms with E-state index in [9.17, 15) is 9.59 Å². The molecule has 0 aliphatic carbocycles. The zero-order chi connectivity index (χ0) is 19.4. The summed E-state index contributed by atoms with van der Waals surface area (Å²) in [4.78, 5) is 28.2. The third kappa shape index (κ3) is 5.05. The summed E-state index contributed by atoms with van der Waals surface area (Å²) in [5.74, 6) is -0.0714. The molecule has 0 radical (unpaired) electrons. The van der Waals surface area contributed by atoms with E-state index in [1.54, 1.807) is 0 Å². The van der Waals surface area contributed by atoms with Crippen LogP contribution in [0.2, 0.25) is 0 Å². The van der Waals surface area contributed by atoms with Crippen LogP contribution in [0.5, 0.6) is 0 Å². The lowest BCUT2D eigenvalue weighted by molar-refractivity contribution is -0.118. The van der Waals surface area contributed by atoms with E-state index in [0.717, 1.165) is 16.8 Å². The number of hydrogen-bond acceptors (Lipinski definition) is 4. The second-order valence-corrected chi connectivity index (χ2v) is 7.83. The highest BCUT2D eigenvalue weighted by molar-refractivity contribution is 7.14. The van der Waals surface area contributed by atoms with Crippen molar-refractivity contribution in [2.75, 3.05) is 5.32 Å². The van der Waals surface area contributed by atoms with Gasteiger partial charge < -0.3 is 16.4 Å². The van der Waals surface area contributed by atoms with E-state index in [1.807, 2.05) is 19.2 Å². The average molecular weight is 375 g/mol. The molecule has 7 heteroatoms. The Labute approximate surface area is 158 Å². The molecule has 0 aliphatic heterocycles. The van der Waals surface area contributed by atoms with Crippen LogP contribution in [-0.2, 0) is 4.79 Å². The number of carbonyl (C=O) groups is 2. The van der Waals surface area contributed by atoms with Crippen molar-refractivity contribution in [3.05, 3.63) is 34.2 Å². The van der Waals surface area contributed by atoms with E-state index < -0.39 is 12.1 Å². The predicted octanol–water partition coefficient (Wildman–Crippen LogP) is 3.76. The van der Waals surface area contributed by atoms with Crippen LogP contribution in [0.25, 0.3) is 11.3 Å². The molecule has 0 aliphatic rings. The number of nitrogens with zero attached hydrogens (tertiary/aromatic N) is 1. The number of urea groups is 1. The normalized spacial score (nSPS) is 12.1. The fourth-order valence-corrected chi connectivity index (χ4v) is 3.47. The van der Waals surface area contributed by atoms with E-state index in [0.29, 0.717) is 11.6 Å². The Bertz CT molecular complexity index is 814. The Balaban J connectivity index is 2.17. The summed E-state index contributed by atoms with van der Waals surface area (Å²) >= 11 is 1.36. The van der Waals surface area contributed by atoms with Gasteiger partial charge in [0.2, 0.25) is 5.91 Å². The van der Waals surface area contributed by atoms with Gasteiger partial charge in [-0.15, -0.1) is 11.3 Å². The van der Waals surface area contributed by atoms with Gasteiger partial charge in [-0.05, 0) is 55.9 Å². The standard InChI is InChI=1S/C19H26N4O2S/c1-10(2)6-15(21-18(20)25)17(24)23-19-22-16(9-26-19)14-8-12(4)11(3)7-13(14)5/h7-10,15H,6H2,1-5H3,(H3,20,21,25)(H,22,23,24)/t15-/m1/s1. The van der Waals surface area contributed by atoms with Crippen molar-refractivity contribution in [3.8, 4) is 11.3 Å². The van der Waals surface area contributed by atoms with Crippen LogP contribution in [0.4, 0.5) is 9.93 Å². The Morgan fingerprint density at radius 1 is 1.15 bits per heavy atom. The average Bonchev–Trinajstić information content (AvgIpc) is 2.97. The van der Waals surface area contributed by atoms with Crippen LogP contribution in [0.3, 0.4) is 0 Å². The quantitative estimate of drug-likeness (QED) is 0.718. The Morgan fingerprint density at radius 2 is 1.81 bits per heavy atom. The topological polar surface area (TPSA) is 97.1 Å². The van der Waals surface area contributed by atoms with Crippen LogP contribution in [0.1, 0.15) is 37.0 Å². The molecule has 1 heterocycles. The zero-order valence-corrected chi connectivity index (χ0v) is 16.7. The molecule has 140 valence electrons. The second kappa shape index (κ2) is 8.31. The van der Waals surface area contributed by atoms with Crippen LogP contribution < -0.4 is 16.4 Å². The predicted molar refractivity (Wildman–Crippen MR) is 106 cm³/mol. The summed E-state index contributed by atoms with van der Waals surface area (Å²) in [7, 11) is 0. The zero-order valence-electron chi connectivity index (χ0n) is 15.8. The third-order valence-corrected chi connectivity index (χ3v) is 4.95. The van der Waals surface area contributed by atoms with Crippen molar-refractivity contribution < 1.29 is 9.59 Å². The van der Waals surface area contributed by atoms with Gasteiger partial charge in [-0.1, -0.05) is 19.9 Å². The molecule has 6 nitrogen and oxygen atoms in total. The number of nitrogens with two attached hydrogens (primary N) is 1. The summed E-state index contributed by atoms with van der Waals surface area (Å²) in [5, 5.41) is 7.71. The lowest BCUT2D eigenvalue weighted by atomic mass is 9.99. The molecule has 0 saturated carbocycles. The number of hydrogen-bond donors (Lipinski definition) is 3. The molecule has 0 bridgehead atoms. The lowest BCUT2D eigenvalue weighted by Crippen LogP contribution is -2.46. The number of benzene rings is 1. The number of thiazole rings is 1. The first kappa shape index (κ1) is 19.9. The van der Waals surface area contributed by atoms with Gasteiger partial charge in [-0.2, -0.15) is 0 Å². The Kier molecular flexibility index (Phi) is 6.37. The first-order valence-electron chi connectivity index (χ1n) is 8.58. The van der Waals surface area contributed by atoms with Gasteiger partial charge in [0.25, 0.3) is 0 Å². The molecule has 0 unspecified atom stereocenters. The minimum Gasteiger partial charge on any atom is -0.352 e. The fourth-order valence-electron chi connectivity index (χ4n) is 2.76. The van der Waals surface area contributed by atoms with Crippen LogP contribution in [0.15, 0.2) is 17.5 Å². The molecular formula is C19H26N4O2S. The van der Waals surface area contributed by atoms with Gasteiger partial charge in [0, 0.05) is 10.9 Å². The molecule has 1 aromatic carbocycles.